The summed E-state index contributed by atoms with van der Waals surface area (Å²) in [5.41, 5.74) is 0.583. The Labute approximate surface area is 120 Å². The number of anilines is 1. The van der Waals surface area contributed by atoms with Gasteiger partial charge in [-0.25, -0.2) is 8.42 Å². The van der Waals surface area contributed by atoms with Crippen LogP contribution >= 0.6 is 0 Å². The molecule has 1 aromatic carbocycles. The quantitative estimate of drug-likeness (QED) is 0.842. The average molecular weight is 298 g/mol. The van der Waals surface area contributed by atoms with Crippen LogP contribution in [0.1, 0.15) is 26.2 Å². The van der Waals surface area contributed by atoms with Gasteiger partial charge in [0, 0.05) is 12.2 Å². The highest BCUT2D eigenvalue weighted by atomic mass is 32.2. The first-order chi connectivity index (χ1) is 9.62. The third kappa shape index (κ3) is 4.11. The number of benzene rings is 1. The molecular weight excluding hydrogens is 276 g/mol. The molecular formula is C14H22N2O3S. The lowest BCUT2D eigenvalue weighted by molar-refractivity contribution is 0.317. The summed E-state index contributed by atoms with van der Waals surface area (Å²) in [4.78, 5) is 0. The Hall–Kier alpha value is -1.27. The lowest BCUT2D eigenvalue weighted by Gasteiger charge is -2.23. The molecule has 1 saturated heterocycles. The molecule has 1 unspecified atom stereocenters. The van der Waals surface area contributed by atoms with Crippen LogP contribution in [0.25, 0.3) is 0 Å². The Morgan fingerprint density at radius 3 is 2.70 bits per heavy atom. The van der Waals surface area contributed by atoms with Gasteiger partial charge in [0.1, 0.15) is 5.75 Å². The summed E-state index contributed by atoms with van der Waals surface area (Å²) in [6.45, 7) is 4.13. The van der Waals surface area contributed by atoms with E-state index < -0.39 is 10.0 Å². The highest BCUT2D eigenvalue weighted by Gasteiger charge is 2.26. The first kappa shape index (κ1) is 15.1. The van der Waals surface area contributed by atoms with Crippen molar-refractivity contribution in [3.8, 4) is 5.75 Å². The number of piperidine rings is 1. The molecule has 0 spiro atoms. The van der Waals surface area contributed by atoms with Crippen LogP contribution in [0, 0.1) is 0 Å². The number of sulfonamides is 1. The number of hydrogen-bond acceptors (Lipinski definition) is 4. The molecule has 2 rings (SSSR count). The Balaban J connectivity index is 1.98. The SMILES string of the molecule is CCCOc1ccc(NS(=O)(=O)C2CCCNC2)cc1. The molecule has 0 aliphatic carbocycles. The fourth-order valence-corrected chi connectivity index (χ4v) is 3.62. The van der Waals surface area contributed by atoms with Crippen molar-refractivity contribution in [1.82, 2.24) is 5.32 Å². The van der Waals surface area contributed by atoms with Crippen molar-refractivity contribution in [2.45, 2.75) is 31.4 Å². The minimum atomic E-state index is -3.32. The van der Waals surface area contributed by atoms with E-state index in [-0.39, 0.29) is 5.25 Å². The van der Waals surface area contributed by atoms with E-state index in [0.717, 1.165) is 25.1 Å². The van der Waals surface area contributed by atoms with E-state index in [1.54, 1.807) is 24.3 Å². The Morgan fingerprint density at radius 1 is 1.35 bits per heavy atom. The highest BCUT2D eigenvalue weighted by molar-refractivity contribution is 7.93. The van der Waals surface area contributed by atoms with Crippen LogP contribution in [0.15, 0.2) is 24.3 Å². The van der Waals surface area contributed by atoms with E-state index >= 15 is 0 Å². The zero-order chi connectivity index (χ0) is 14.4. The van der Waals surface area contributed by atoms with Crippen molar-refractivity contribution in [3.05, 3.63) is 24.3 Å². The molecule has 2 N–H and O–H groups in total. The normalized spacial score (nSPS) is 19.6. The van der Waals surface area contributed by atoms with E-state index in [4.69, 9.17) is 4.74 Å². The van der Waals surface area contributed by atoms with Crippen molar-refractivity contribution < 1.29 is 13.2 Å². The van der Waals surface area contributed by atoms with Gasteiger partial charge in [-0.15, -0.1) is 0 Å². The molecule has 6 heteroatoms. The fraction of sp³-hybridized carbons (Fsp3) is 0.571. The van der Waals surface area contributed by atoms with E-state index in [1.165, 1.54) is 0 Å². The largest absolute Gasteiger partial charge is 0.494 e. The maximum atomic E-state index is 12.2. The number of rotatable bonds is 6. The second-order valence-corrected chi connectivity index (χ2v) is 6.95. The predicted octanol–water partition coefficient (Wildman–Crippen LogP) is 1.97. The fourth-order valence-electron chi connectivity index (χ4n) is 2.17. The third-order valence-electron chi connectivity index (χ3n) is 3.28. The number of ether oxygens (including phenoxy) is 1. The lowest BCUT2D eigenvalue weighted by atomic mass is 10.2. The van der Waals surface area contributed by atoms with Gasteiger partial charge in [0.15, 0.2) is 0 Å². The Morgan fingerprint density at radius 2 is 2.10 bits per heavy atom. The molecule has 20 heavy (non-hydrogen) atoms. The molecule has 0 radical (unpaired) electrons. The number of hydrogen-bond donors (Lipinski definition) is 2. The van der Waals surface area contributed by atoms with Crippen molar-refractivity contribution in [1.29, 1.82) is 0 Å². The Bertz CT molecular complexity index is 508. The highest BCUT2D eigenvalue weighted by Crippen LogP contribution is 2.19. The standard InChI is InChI=1S/C14H22N2O3S/c1-2-10-19-13-7-5-12(6-8-13)16-20(17,18)14-4-3-9-15-11-14/h5-8,14-16H,2-4,9-11H2,1H3. The molecule has 1 heterocycles. The van der Waals surface area contributed by atoms with Crippen molar-refractivity contribution in [2.24, 2.45) is 0 Å². The summed E-state index contributed by atoms with van der Waals surface area (Å²) < 4.78 is 32.6. The average Bonchev–Trinajstić information content (AvgIpc) is 2.47. The minimum Gasteiger partial charge on any atom is -0.494 e. The van der Waals surface area contributed by atoms with Gasteiger partial charge in [-0.3, -0.25) is 4.72 Å². The summed E-state index contributed by atoms with van der Waals surface area (Å²) in [5.74, 6) is 0.758. The summed E-state index contributed by atoms with van der Waals surface area (Å²) in [5, 5.41) is 2.77. The van der Waals surface area contributed by atoms with Crippen LogP contribution in [-0.2, 0) is 10.0 Å². The van der Waals surface area contributed by atoms with E-state index in [0.29, 0.717) is 25.3 Å². The molecule has 1 aliphatic rings. The maximum Gasteiger partial charge on any atom is 0.236 e. The Kier molecular flexibility index (Phi) is 5.25. The molecule has 0 amide bonds. The van der Waals surface area contributed by atoms with Gasteiger partial charge in [0.2, 0.25) is 10.0 Å². The first-order valence-corrected chi connectivity index (χ1v) is 8.61. The second-order valence-electron chi connectivity index (χ2n) is 4.99. The van der Waals surface area contributed by atoms with Crippen molar-refractivity contribution >= 4 is 15.7 Å². The zero-order valence-corrected chi connectivity index (χ0v) is 12.6. The van der Waals surface area contributed by atoms with Crippen LogP contribution < -0.4 is 14.8 Å². The summed E-state index contributed by atoms with van der Waals surface area (Å²) in [7, 11) is -3.32. The van der Waals surface area contributed by atoms with Crippen LogP contribution in [0.3, 0.4) is 0 Å². The molecule has 0 bridgehead atoms. The molecule has 1 fully saturated rings. The van der Waals surface area contributed by atoms with Crippen LogP contribution in [0.4, 0.5) is 5.69 Å². The number of nitrogens with one attached hydrogen (secondary N) is 2. The molecule has 5 nitrogen and oxygen atoms in total. The third-order valence-corrected chi connectivity index (χ3v) is 5.08. The first-order valence-electron chi connectivity index (χ1n) is 7.07. The monoisotopic (exact) mass is 298 g/mol. The van der Waals surface area contributed by atoms with Gasteiger partial charge < -0.3 is 10.1 Å². The molecule has 0 aromatic heterocycles. The maximum absolute atomic E-state index is 12.2. The summed E-state index contributed by atoms with van der Waals surface area (Å²) >= 11 is 0. The van der Waals surface area contributed by atoms with E-state index in [9.17, 15) is 8.42 Å². The van der Waals surface area contributed by atoms with Crippen LogP contribution in [0.2, 0.25) is 0 Å². The smallest absolute Gasteiger partial charge is 0.236 e. The van der Waals surface area contributed by atoms with Gasteiger partial charge in [0.05, 0.1) is 11.9 Å². The van der Waals surface area contributed by atoms with Crippen molar-refractivity contribution in [3.63, 3.8) is 0 Å². The summed E-state index contributed by atoms with van der Waals surface area (Å²) in [6.07, 6.45) is 2.55. The molecule has 1 aromatic rings. The molecule has 1 atom stereocenters. The van der Waals surface area contributed by atoms with Crippen molar-refractivity contribution in [2.75, 3.05) is 24.4 Å². The second kappa shape index (κ2) is 6.95. The van der Waals surface area contributed by atoms with Gasteiger partial charge in [-0.2, -0.15) is 0 Å². The minimum absolute atomic E-state index is 0.354. The lowest BCUT2D eigenvalue weighted by Crippen LogP contribution is -2.41. The molecule has 112 valence electrons. The molecule has 0 saturated carbocycles. The van der Waals surface area contributed by atoms with Gasteiger partial charge in [0.25, 0.3) is 0 Å². The van der Waals surface area contributed by atoms with Crippen LogP contribution in [0.5, 0.6) is 5.75 Å². The van der Waals surface area contributed by atoms with Gasteiger partial charge in [-0.1, -0.05) is 6.92 Å². The van der Waals surface area contributed by atoms with E-state index in [1.807, 2.05) is 6.92 Å². The van der Waals surface area contributed by atoms with Gasteiger partial charge in [-0.05, 0) is 50.1 Å². The molecule has 1 aliphatic heterocycles. The summed E-state index contributed by atoms with van der Waals surface area (Å²) in [6, 6.07) is 7.04. The zero-order valence-electron chi connectivity index (χ0n) is 11.8. The van der Waals surface area contributed by atoms with Crippen LogP contribution in [-0.4, -0.2) is 33.4 Å². The van der Waals surface area contributed by atoms with Gasteiger partial charge >= 0.3 is 0 Å². The van der Waals surface area contributed by atoms with E-state index in [2.05, 4.69) is 10.0 Å². The predicted molar refractivity (Wildman–Crippen MR) is 80.7 cm³/mol. The topological polar surface area (TPSA) is 67.4 Å².